The Kier molecular flexibility index (Phi) is 4.91. The number of hydrogen-bond acceptors (Lipinski definition) is 5. The summed E-state index contributed by atoms with van der Waals surface area (Å²) in [5, 5.41) is 12.3. The normalized spacial score (nSPS) is 10.9. The molecule has 1 rings (SSSR count). The molecule has 0 aromatic carbocycles. The number of nitrogens with zero attached hydrogens (tertiary/aromatic N) is 3. The fourth-order valence-electron chi connectivity index (χ4n) is 1.21. The van der Waals surface area contributed by atoms with Gasteiger partial charge in [-0.2, -0.15) is 4.98 Å². The smallest absolute Gasteiger partial charge is 0.303 e. The van der Waals surface area contributed by atoms with Gasteiger partial charge in [-0.05, 0) is 20.5 Å². The summed E-state index contributed by atoms with van der Waals surface area (Å²) in [6.07, 6.45) is 1.94. The van der Waals surface area contributed by atoms with Crippen LogP contribution in [0.15, 0.2) is 4.52 Å². The highest BCUT2D eigenvalue weighted by Crippen LogP contribution is 2.03. The second kappa shape index (κ2) is 6.22. The molecule has 1 aromatic rings. The first-order chi connectivity index (χ1) is 7.58. The summed E-state index contributed by atoms with van der Waals surface area (Å²) in [5.74, 6) is 0.404. The minimum absolute atomic E-state index is 0.134. The van der Waals surface area contributed by atoms with Gasteiger partial charge in [-0.15, -0.1) is 0 Å². The lowest BCUT2D eigenvalue weighted by molar-refractivity contribution is -0.137. The van der Waals surface area contributed by atoms with Gasteiger partial charge in [-0.25, -0.2) is 0 Å². The van der Waals surface area contributed by atoms with Crippen LogP contribution in [-0.2, 0) is 17.6 Å². The zero-order chi connectivity index (χ0) is 12.0. The third-order valence-electron chi connectivity index (χ3n) is 2.07. The minimum Gasteiger partial charge on any atom is -0.481 e. The van der Waals surface area contributed by atoms with Gasteiger partial charge >= 0.3 is 5.97 Å². The fourth-order valence-corrected chi connectivity index (χ4v) is 1.21. The molecule has 0 unspecified atom stereocenters. The Bertz CT molecular complexity index is 336. The quantitative estimate of drug-likeness (QED) is 0.734. The van der Waals surface area contributed by atoms with Crippen molar-refractivity contribution in [1.29, 1.82) is 0 Å². The molecule has 0 saturated carbocycles. The van der Waals surface area contributed by atoms with Crippen LogP contribution in [0, 0.1) is 0 Å². The number of likely N-dealkylation sites (N-methyl/N-ethyl adjacent to an activating group) is 1. The van der Waals surface area contributed by atoms with Gasteiger partial charge in [0.25, 0.3) is 0 Å². The molecule has 90 valence electrons. The number of aliphatic carboxylic acids is 1. The van der Waals surface area contributed by atoms with Crippen molar-refractivity contribution in [2.45, 2.75) is 25.7 Å². The van der Waals surface area contributed by atoms with Gasteiger partial charge in [0.1, 0.15) is 0 Å². The van der Waals surface area contributed by atoms with Crippen LogP contribution < -0.4 is 0 Å². The largest absolute Gasteiger partial charge is 0.481 e. The molecule has 16 heavy (non-hydrogen) atoms. The van der Waals surface area contributed by atoms with Crippen LogP contribution >= 0.6 is 0 Å². The molecule has 0 fully saturated rings. The lowest BCUT2D eigenvalue weighted by atomic mass is 10.2. The first kappa shape index (κ1) is 12.6. The van der Waals surface area contributed by atoms with E-state index in [4.69, 9.17) is 9.63 Å². The topological polar surface area (TPSA) is 79.5 Å². The molecule has 0 atom stereocenters. The van der Waals surface area contributed by atoms with Gasteiger partial charge in [-0.1, -0.05) is 5.16 Å². The van der Waals surface area contributed by atoms with E-state index in [-0.39, 0.29) is 6.42 Å². The van der Waals surface area contributed by atoms with E-state index in [2.05, 4.69) is 10.1 Å². The molecule has 1 aromatic heterocycles. The molecule has 1 N–H and O–H groups in total. The van der Waals surface area contributed by atoms with Gasteiger partial charge in [0.05, 0.1) is 0 Å². The van der Waals surface area contributed by atoms with Gasteiger partial charge in [-0.3, -0.25) is 4.79 Å². The lowest BCUT2D eigenvalue weighted by Crippen LogP contribution is -2.15. The van der Waals surface area contributed by atoms with E-state index in [0.717, 1.165) is 13.0 Å². The van der Waals surface area contributed by atoms with Crippen LogP contribution in [0.25, 0.3) is 0 Å². The van der Waals surface area contributed by atoms with Crippen LogP contribution in [0.5, 0.6) is 0 Å². The van der Waals surface area contributed by atoms with Crippen LogP contribution in [0.4, 0.5) is 0 Å². The maximum atomic E-state index is 10.3. The molecular weight excluding hydrogens is 210 g/mol. The second-order valence-electron chi connectivity index (χ2n) is 3.90. The molecule has 0 aliphatic carbocycles. The molecular formula is C10H17N3O3. The summed E-state index contributed by atoms with van der Waals surface area (Å²) >= 11 is 0. The van der Waals surface area contributed by atoms with Crippen LogP contribution in [0.1, 0.15) is 24.6 Å². The molecule has 6 nitrogen and oxygen atoms in total. The summed E-state index contributed by atoms with van der Waals surface area (Å²) in [5.41, 5.74) is 0. The Morgan fingerprint density at radius 3 is 2.81 bits per heavy atom. The van der Waals surface area contributed by atoms with Gasteiger partial charge in [0.2, 0.25) is 5.89 Å². The zero-order valence-corrected chi connectivity index (χ0v) is 9.64. The standard InChI is InChI=1S/C10H17N3O3/c1-13(2)7-6-8-11-9(16-12-8)4-3-5-10(14)15/h3-7H2,1-2H3,(H,14,15). The summed E-state index contributed by atoms with van der Waals surface area (Å²) in [4.78, 5) is 16.5. The van der Waals surface area contributed by atoms with Gasteiger partial charge in [0, 0.05) is 25.8 Å². The number of aryl methyl sites for hydroxylation is 1. The van der Waals surface area contributed by atoms with E-state index in [1.54, 1.807) is 0 Å². The van der Waals surface area contributed by atoms with E-state index in [1.165, 1.54) is 0 Å². The van der Waals surface area contributed by atoms with E-state index in [0.29, 0.717) is 24.6 Å². The average Bonchev–Trinajstić information content (AvgIpc) is 2.62. The Labute approximate surface area is 94.3 Å². The van der Waals surface area contributed by atoms with Crippen molar-refractivity contribution >= 4 is 5.97 Å². The third-order valence-corrected chi connectivity index (χ3v) is 2.07. The van der Waals surface area contributed by atoms with Crippen molar-refractivity contribution in [1.82, 2.24) is 15.0 Å². The summed E-state index contributed by atoms with van der Waals surface area (Å²) in [6.45, 7) is 0.869. The van der Waals surface area contributed by atoms with Crippen molar-refractivity contribution in [2.24, 2.45) is 0 Å². The van der Waals surface area contributed by atoms with Crippen LogP contribution in [0.2, 0.25) is 0 Å². The second-order valence-corrected chi connectivity index (χ2v) is 3.90. The molecule has 0 spiro atoms. The fraction of sp³-hybridized carbons (Fsp3) is 0.700. The number of carboxylic acids is 1. The number of carboxylic acid groups (broad SMARTS) is 1. The molecule has 0 aliphatic heterocycles. The van der Waals surface area contributed by atoms with Crippen LogP contribution in [-0.4, -0.2) is 46.8 Å². The number of hydrogen-bond donors (Lipinski definition) is 1. The predicted octanol–water partition coefficient (Wildman–Crippen LogP) is 0.581. The van der Waals surface area contributed by atoms with E-state index >= 15 is 0 Å². The lowest BCUT2D eigenvalue weighted by Gasteiger charge is -2.05. The summed E-state index contributed by atoms with van der Waals surface area (Å²) in [6, 6.07) is 0. The van der Waals surface area contributed by atoms with Crippen molar-refractivity contribution in [2.75, 3.05) is 20.6 Å². The van der Waals surface area contributed by atoms with E-state index in [1.807, 2.05) is 19.0 Å². The molecule has 0 saturated heterocycles. The highest BCUT2D eigenvalue weighted by atomic mass is 16.5. The average molecular weight is 227 g/mol. The molecule has 6 heteroatoms. The highest BCUT2D eigenvalue weighted by Gasteiger charge is 2.07. The van der Waals surface area contributed by atoms with Gasteiger partial charge < -0.3 is 14.5 Å². The number of rotatable bonds is 7. The van der Waals surface area contributed by atoms with Crippen LogP contribution in [0.3, 0.4) is 0 Å². The summed E-state index contributed by atoms with van der Waals surface area (Å²) < 4.78 is 5.01. The Balaban J connectivity index is 2.30. The maximum Gasteiger partial charge on any atom is 0.303 e. The number of aromatic nitrogens is 2. The minimum atomic E-state index is -0.799. The van der Waals surface area contributed by atoms with E-state index in [9.17, 15) is 4.79 Å². The summed E-state index contributed by atoms with van der Waals surface area (Å²) in [7, 11) is 3.96. The zero-order valence-electron chi connectivity index (χ0n) is 9.64. The SMILES string of the molecule is CN(C)CCc1noc(CCCC(=O)O)n1. The molecule has 0 amide bonds. The third kappa shape index (κ3) is 4.88. The molecule has 0 bridgehead atoms. The van der Waals surface area contributed by atoms with Crippen molar-refractivity contribution in [3.8, 4) is 0 Å². The predicted molar refractivity (Wildman–Crippen MR) is 57.1 cm³/mol. The molecule has 1 heterocycles. The first-order valence-electron chi connectivity index (χ1n) is 5.26. The first-order valence-corrected chi connectivity index (χ1v) is 5.26. The molecule has 0 aliphatic rings. The Morgan fingerprint density at radius 1 is 1.44 bits per heavy atom. The molecule has 0 radical (unpaired) electrons. The maximum absolute atomic E-state index is 10.3. The van der Waals surface area contributed by atoms with Crippen molar-refractivity contribution in [3.05, 3.63) is 11.7 Å². The monoisotopic (exact) mass is 227 g/mol. The highest BCUT2D eigenvalue weighted by molar-refractivity contribution is 5.66. The van der Waals surface area contributed by atoms with Gasteiger partial charge in [0.15, 0.2) is 5.82 Å². The number of carbonyl (C=O) groups is 1. The van der Waals surface area contributed by atoms with Crippen molar-refractivity contribution < 1.29 is 14.4 Å². The Morgan fingerprint density at radius 2 is 2.19 bits per heavy atom. The van der Waals surface area contributed by atoms with Crippen molar-refractivity contribution in [3.63, 3.8) is 0 Å². The Hall–Kier alpha value is -1.43. The van der Waals surface area contributed by atoms with E-state index < -0.39 is 5.97 Å².